The molecule has 0 aliphatic carbocycles. The van der Waals surface area contributed by atoms with Gasteiger partial charge in [-0.05, 0) is 74.9 Å². The molecular weight excluding hydrogens is 633 g/mol. The first kappa shape index (κ1) is 36.8. The van der Waals surface area contributed by atoms with E-state index in [1.165, 1.54) is 24.3 Å². The summed E-state index contributed by atoms with van der Waals surface area (Å²) in [6.07, 6.45) is -5.20. The van der Waals surface area contributed by atoms with Crippen molar-refractivity contribution >= 4 is 33.4 Å². The fraction of sp³-hybridized carbons (Fsp3) is 0.241. The van der Waals surface area contributed by atoms with E-state index in [0.29, 0.717) is 34.9 Å². The van der Waals surface area contributed by atoms with Crippen LogP contribution in [-0.2, 0) is 19.6 Å². The summed E-state index contributed by atoms with van der Waals surface area (Å²) in [6.45, 7) is 5.93. The number of rotatable bonds is 12. The Hall–Kier alpha value is -5.34. The summed E-state index contributed by atoms with van der Waals surface area (Å²) in [4.78, 5) is 24.1. The monoisotopic (exact) mass is 664 g/mol. The number of carboxylic acids is 1. The Bertz CT molecular complexity index is 1690. The number of alkyl halides is 3. The number of nitriles is 1. The van der Waals surface area contributed by atoms with Crippen molar-refractivity contribution in [2.75, 3.05) is 11.9 Å². The van der Waals surface area contributed by atoms with Gasteiger partial charge >= 0.3 is 12.1 Å². The van der Waals surface area contributed by atoms with Gasteiger partial charge in [0.1, 0.15) is 22.8 Å². The Morgan fingerprint density at radius 1 is 1.07 bits per heavy atom. The van der Waals surface area contributed by atoms with Crippen molar-refractivity contribution in [1.29, 1.82) is 10.7 Å². The highest BCUT2D eigenvalue weighted by Crippen LogP contribution is 2.33. The van der Waals surface area contributed by atoms with Crippen LogP contribution < -0.4 is 30.8 Å². The Kier molecular flexibility index (Phi) is 12.9. The van der Waals surface area contributed by atoms with E-state index in [9.17, 15) is 31.6 Å². The molecule has 0 heterocycles. The van der Waals surface area contributed by atoms with Gasteiger partial charge in [-0.25, -0.2) is 13.2 Å². The SMILES string of the molecule is CCOc1cc(C(Nc2ccc(C(=N)N)cc2)C(=O)NNS(=O)(=O)c2ccccc2C#N)ccc1OC(C)C.O=C(O)C(F)(F)F. The number of hydrazine groups is 1. The number of nitrogen functional groups attached to an aromatic ring is 1. The van der Waals surface area contributed by atoms with E-state index in [1.807, 2.05) is 26.8 Å². The number of hydrogen-bond acceptors (Lipinski definition) is 9. The molecule has 0 saturated heterocycles. The van der Waals surface area contributed by atoms with Gasteiger partial charge in [0, 0.05) is 11.3 Å². The number of amidine groups is 1. The molecule has 1 atom stereocenters. The highest BCUT2D eigenvalue weighted by atomic mass is 32.2. The number of carbonyl (C=O) groups is 2. The maximum absolute atomic E-state index is 13.4. The molecule has 0 aliphatic rings. The molecule has 0 saturated carbocycles. The number of carboxylic acid groups (broad SMARTS) is 1. The third-order valence-corrected chi connectivity index (χ3v) is 6.89. The van der Waals surface area contributed by atoms with E-state index in [-0.39, 0.29) is 22.4 Å². The van der Waals surface area contributed by atoms with E-state index < -0.39 is 34.1 Å². The van der Waals surface area contributed by atoms with Crippen LogP contribution in [0.2, 0.25) is 0 Å². The molecule has 0 aliphatic heterocycles. The fourth-order valence-corrected chi connectivity index (χ4v) is 4.58. The highest BCUT2D eigenvalue weighted by Gasteiger charge is 2.38. The van der Waals surface area contributed by atoms with Gasteiger partial charge in [-0.15, -0.1) is 4.83 Å². The Morgan fingerprint density at radius 3 is 2.20 bits per heavy atom. The van der Waals surface area contributed by atoms with Crippen molar-refractivity contribution < 1.29 is 45.8 Å². The number of sulfonamides is 1. The smallest absolute Gasteiger partial charge is 0.490 e. The molecule has 1 amide bonds. The molecule has 3 aromatic carbocycles. The zero-order valence-electron chi connectivity index (χ0n) is 24.7. The van der Waals surface area contributed by atoms with E-state index >= 15 is 0 Å². The number of nitrogens with two attached hydrogens (primary N) is 1. The minimum absolute atomic E-state index is 0.0680. The van der Waals surface area contributed by atoms with Crippen LogP contribution in [-0.4, -0.2) is 50.1 Å². The van der Waals surface area contributed by atoms with Crippen LogP contribution in [0.25, 0.3) is 0 Å². The van der Waals surface area contributed by atoms with Gasteiger partial charge in [0.05, 0.1) is 18.3 Å². The van der Waals surface area contributed by atoms with E-state index in [0.717, 1.165) is 0 Å². The molecule has 3 aromatic rings. The molecule has 1 unspecified atom stereocenters. The number of halogens is 3. The maximum atomic E-state index is 13.4. The Labute approximate surface area is 262 Å². The molecule has 0 spiro atoms. The lowest BCUT2D eigenvalue weighted by Gasteiger charge is -2.22. The predicted molar refractivity (Wildman–Crippen MR) is 161 cm³/mol. The summed E-state index contributed by atoms with van der Waals surface area (Å²) in [6, 6.07) is 17.9. The van der Waals surface area contributed by atoms with Gasteiger partial charge in [-0.1, -0.05) is 18.2 Å². The second kappa shape index (κ2) is 16.1. The van der Waals surface area contributed by atoms with E-state index in [1.54, 1.807) is 42.5 Å². The quantitative estimate of drug-likeness (QED) is 0.0934. The zero-order chi connectivity index (χ0) is 34.7. The number of nitrogens with one attached hydrogen (secondary N) is 4. The van der Waals surface area contributed by atoms with Crippen molar-refractivity contribution in [3.8, 4) is 17.6 Å². The molecule has 46 heavy (non-hydrogen) atoms. The maximum Gasteiger partial charge on any atom is 0.490 e. The van der Waals surface area contributed by atoms with E-state index in [4.69, 9.17) is 30.5 Å². The summed E-state index contributed by atoms with van der Waals surface area (Å²) in [5, 5.41) is 27.1. The molecule has 13 nitrogen and oxygen atoms in total. The summed E-state index contributed by atoms with van der Waals surface area (Å²) in [5.74, 6) is -2.69. The minimum Gasteiger partial charge on any atom is -0.490 e. The fourth-order valence-electron chi connectivity index (χ4n) is 3.57. The van der Waals surface area contributed by atoms with Crippen molar-refractivity contribution in [3.05, 3.63) is 83.4 Å². The summed E-state index contributed by atoms with van der Waals surface area (Å²) in [7, 11) is -4.25. The van der Waals surface area contributed by atoms with Crippen LogP contribution in [0.4, 0.5) is 18.9 Å². The molecule has 17 heteroatoms. The van der Waals surface area contributed by atoms with Gasteiger partial charge in [-0.2, -0.15) is 18.4 Å². The number of benzene rings is 3. The first-order valence-electron chi connectivity index (χ1n) is 13.2. The van der Waals surface area contributed by atoms with Gasteiger partial charge < -0.3 is 25.6 Å². The van der Waals surface area contributed by atoms with Gasteiger partial charge in [0.25, 0.3) is 15.9 Å². The van der Waals surface area contributed by atoms with Crippen molar-refractivity contribution in [3.63, 3.8) is 0 Å². The lowest BCUT2D eigenvalue weighted by atomic mass is 10.0. The number of carbonyl (C=O) groups excluding carboxylic acids is 1. The average molecular weight is 665 g/mol. The number of hydrogen-bond donors (Lipinski definition) is 6. The molecule has 0 aromatic heterocycles. The Balaban J connectivity index is 0.000000942. The largest absolute Gasteiger partial charge is 0.490 e. The van der Waals surface area contributed by atoms with Crippen LogP contribution in [0.5, 0.6) is 11.5 Å². The van der Waals surface area contributed by atoms with Crippen molar-refractivity contribution in [2.45, 2.75) is 44.0 Å². The molecule has 0 fully saturated rings. The number of aliphatic carboxylic acids is 1. The van der Waals surface area contributed by atoms with Gasteiger partial charge in [0.2, 0.25) is 0 Å². The first-order chi connectivity index (χ1) is 21.5. The molecule has 0 bridgehead atoms. The molecule has 0 radical (unpaired) electrons. The van der Waals surface area contributed by atoms with Gasteiger partial charge in [-0.3, -0.25) is 15.6 Å². The molecule has 7 N–H and O–H groups in total. The van der Waals surface area contributed by atoms with Crippen LogP contribution >= 0.6 is 0 Å². The molecular formula is C29H31F3N6O7S. The molecule has 246 valence electrons. The highest BCUT2D eigenvalue weighted by molar-refractivity contribution is 7.89. The van der Waals surface area contributed by atoms with E-state index in [2.05, 4.69) is 15.6 Å². The van der Waals surface area contributed by atoms with Crippen LogP contribution in [0.3, 0.4) is 0 Å². The number of nitrogens with zero attached hydrogens (tertiary/aromatic N) is 1. The van der Waals surface area contributed by atoms with Gasteiger partial charge in [0.15, 0.2) is 11.5 Å². The lowest BCUT2D eigenvalue weighted by Crippen LogP contribution is -2.45. The predicted octanol–water partition coefficient (Wildman–Crippen LogP) is 3.82. The average Bonchev–Trinajstić information content (AvgIpc) is 2.99. The summed E-state index contributed by atoms with van der Waals surface area (Å²) >= 11 is 0. The van der Waals surface area contributed by atoms with Crippen LogP contribution in [0, 0.1) is 16.7 Å². The van der Waals surface area contributed by atoms with Crippen LogP contribution in [0.15, 0.2) is 71.6 Å². The second-order valence-corrected chi connectivity index (χ2v) is 11.0. The lowest BCUT2D eigenvalue weighted by molar-refractivity contribution is -0.192. The third-order valence-electron chi connectivity index (χ3n) is 5.58. The summed E-state index contributed by atoms with van der Waals surface area (Å²) in [5.41, 5.74) is 9.18. The zero-order valence-corrected chi connectivity index (χ0v) is 25.5. The van der Waals surface area contributed by atoms with Crippen molar-refractivity contribution in [2.24, 2.45) is 5.73 Å². The first-order valence-corrected chi connectivity index (χ1v) is 14.7. The second-order valence-electron chi connectivity index (χ2n) is 9.38. The standard InChI is InChI=1S/C27H30N6O5S.C2HF3O2/c1-4-37-23-15-19(11-14-22(23)38-17(2)3)25(31-21-12-9-18(10-13-21)26(29)30)27(34)32-33-39(35,36)24-8-6-5-7-20(24)16-28;3-2(4,5)1(6)7/h5-15,17,25,31,33H,4H2,1-3H3,(H3,29,30)(H,32,34);(H,6,7). The topological polar surface area (TPSA) is 217 Å². The van der Waals surface area contributed by atoms with Crippen LogP contribution in [0.1, 0.15) is 43.5 Å². The number of ether oxygens (including phenoxy) is 2. The minimum atomic E-state index is -5.08. The summed E-state index contributed by atoms with van der Waals surface area (Å²) < 4.78 is 69.0. The third kappa shape index (κ3) is 10.7. The molecule has 3 rings (SSSR count). The number of anilines is 1. The Morgan fingerprint density at radius 2 is 1.67 bits per heavy atom. The number of amides is 1. The normalized spacial score (nSPS) is 11.7. The van der Waals surface area contributed by atoms with Crippen molar-refractivity contribution in [1.82, 2.24) is 10.3 Å².